The summed E-state index contributed by atoms with van der Waals surface area (Å²) in [5.74, 6) is 0. The van der Waals surface area contributed by atoms with Gasteiger partial charge < -0.3 is 20.1 Å². The van der Waals surface area contributed by atoms with Gasteiger partial charge in [0.2, 0.25) is 0 Å². The number of halogens is 1. The molecule has 2 rings (SSSR count). The molecule has 0 spiro atoms. The van der Waals surface area contributed by atoms with Gasteiger partial charge in [0.25, 0.3) is 0 Å². The van der Waals surface area contributed by atoms with Crippen LogP contribution in [0.4, 0.5) is 0 Å². The monoisotopic (exact) mass is 262 g/mol. The van der Waals surface area contributed by atoms with Gasteiger partial charge in [-0.05, 0) is 0 Å². The quantitative estimate of drug-likeness (QED) is 0.600. The SMILES string of the molecule is O=c1ncc(Cl)cn1[C@@H]1O[C@H](CO)[C@@H](O)[C@H]1O. The van der Waals surface area contributed by atoms with Crippen LogP contribution < -0.4 is 5.69 Å². The minimum absolute atomic E-state index is 0.197. The molecule has 1 aliphatic heterocycles. The minimum atomic E-state index is -1.33. The third-order valence-electron chi connectivity index (χ3n) is 2.57. The molecule has 94 valence electrons. The molecule has 0 unspecified atom stereocenters. The van der Waals surface area contributed by atoms with E-state index in [2.05, 4.69) is 4.98 Å². The molecule has 1 aromatic rings. The van der Waals surface area contributed by atoms with Gasteiger partial charge in [0.05, 0.1) is 17.8 Å². The van der Waals surface area contributed by atoms with E-state index in [0.717, 1.165) is 4.57 Å². The Kier molecular flexibility index (Phi) is 3.45. The Morgan fingerprint density at radius 3 is 2.76 bits per heavy atom. The van der Waals surface area contributed by atoms with E-state index in [1.807, 2.05) is 0 Å². The van der Waals surface area contributed by atoms with Gasteiger partial charge in [-0.3, -0.25) is 4.57 Å². The van der Waals surface area contributed by atoms with Crippen molar-refractivity contribution < 1.29 is 20.1 Å². The highest BCUT2D eigenvalue weighted by Crippen LogP contribution is 2.28. The van der Waals surface area contributed by atoms with Gasteiger partial charge in [-0.25, -0.2) is 4.79 Å². The number of aliphatic hydroxyl groups excluding tert-OH is 3. The molecule has 1 fully saturated rings. The fraction of sp³-hybridized carbons (Fsp3) is 0.556. The number of aliphatic hydroxyl groups is 3. The number of hydrogen-bond donors (Lipinski definition) is 3. The maximum atomic E-state index is 11.5. The van der Waals surface area contributed by atoms with Gasteiger partial charge in [0.1, 0.15) is 18.3 Å². The molecule has 3 N–H and O–H groups in total. The molecule has 0 aliphatic carbocycles. The molecule has 0 amide bonds. The number of nitrogens with zero attached hydrogens (tertiary/aromatic N) is 2. The number of hydrogen-bond acceptors (Lipinski definition) is 6. The smallest absolute Gasteiger partial charge is 0.349 e. The van der Waals surface area contributed by atoms with Crippen LogP contribution >= 0.6 is 11.6 Å². The molecule has 0 radical (unpaired) electrons. The lowest BCUT2D eigenvalue weighted by Crippen LogP contribution is -2.35. The normalized spacial score (nSPS) is 32.9. The van der Waals surface area contributed by atoms with Gasteiger partial charge in [0.15, 0.2) is 6.23 Å². The summed E-state index contributed by atoms with van der Waals surface area (Å²) in [5, 5.41) is 28.4. The lowest BCUT2D eigenvalue weighted by Gasteiger charge is -2.16. The van der Waals surface area contributed by atoms with Gasteiger partial charge in [-0.1, -0.05) is 11.6 Å². The Balaban J connectivity index is 2.35. The molecule has 8 heteroatoms. The number of ether oxygens (including phenoxy) is 1. The first kappa shape index (κ1) is 12.5. The molecule has 1 aliphatic rings. The summed E-state index contributed by atoms with van der Waals surface area (Å²) in [6.07, 6.45) is -2.23. The van der Waals surface area contributed by atoms with Crippen molar-refractivity contribution in [2.45, 2.75) is 24.5 Å². The van der Waals surface area contributed by atoms with Gasteiger partial charge >= 0.3 is 5.69 Å². The van der Waals surface area contributed by atoms with Crippen LogP contribution in [0.1, 0.15) is 6.23 Å². The average Bonchev–Trinajstić information content (AvgIpc) is 2.59. The third-order valence-corrected chi connectivity index (χ3v) is 2.77. The summed E-state index contributed by atoms with van der Waals surface area (Å²) in [6.45, 7) is -0.461. The standard InChI is InChI=1S/C9H11ClN2O5/c10-4-1-11-9(16)12(2-4)8-7(15)6(14)5(3-13)17-8/h1-2,5-8,13-15H,3H2/t5-,6-,7-,8-/m1/s1. The molecule has 0 aromatic carbocycles. The molecule has 1 aromatic heterocycles. The highest BCUT2D eigenvalue weighted by Gasteiger charge is 2.43. The van der Waals surface area contributed by atoms with E-state index in [1.165, 1.54) is 12.4 Å². The first-order chi connectivity index (χ1) is 8.04. The van der Waals surface area contributed by atoms with Crippen molar-refractivity contribution in [3.63, 3.8) is 0 Å². The van der Waals surface area contributed by atoms with E-state index in [-0.39, 0.29) is 5.02 Å². The molecule has 0 bridgehead atoms. The van der Waals surface area contributed by atoms with Crippen molar-refractivity contribution >= 4 is 11.6 Å². The van der Waals surface area contributed by atoms with Crippen LogP contribution in [0.2, 0.25) is 5.02 Å². The second kappa shape index (κ2) is 4.71. The molecule has 4 atom stereocenters. The van der Waals surface area contributed by atoms with E-state index in [0.29, 0.717) is 0 Å². The van der Waals surface area contributed by atoms with Gasteiger partial charge in [-0.2, -0.15) is 4.98 Å². The summed E-state index contributed by atoms with van der Waals surface area (Å²) in [6, 6.07) is 0. The van der Waals surface area contributed by atoms with Gasteiger partial charge in [0, 0.05) is 6.20 Å². The molecule has 2 heterocycles. The average molecular weight is 263 g/mol. The Morgan fingerprint density at radius 1 is 1.47 bits per heavy atom. The van der Waals surface area contributed by atoms with E-state index in [1.54, 1.807) is 0 Å². The van der Waals surface area contributed by atoms with Crippen molar-refractivity contribution in [2.75, 3.05) is 6.61 Å². The topological polar surface area (TPSA) is 105 Å². The zero-order chi connectivity index (χ0) is 12.6. The van der Waals surface area contributed by atoms with Crippen molar-refractivity contribution in [1.82, 2.24) is 9.55 Å². The first-order valence-electron chi connectivity index (χ1n) is 4.90. The van der Waals surface area contributed by atoms with Crippen LogP contribution in [-0.2, 0) is 4.74 Å². The minimum Gasteiger partial charge on any atom is -0.394 e. The number of aromatic nitrogens is 2. The zero-order valence-corrected chi connectivity index (χ0v) is 9.36. The largest absolute Gasteiger partial charge is 0.394 e. The lowest BCUT2D eigenvalue weighted by atomic mass is 10.1. The maximum absolute atomic E-state index is 11.5. The molecular weight excluding hydrogens is 252 g/mol. The van der Waals surface area contributed by atoms with Crippen molar-refractivity contribution in [1.29, 1.82) is 0 Å². The molecular formula is C9H11ClN2O5. The van der Waals surface area contributed by atoms with Crippen LogP contribution in [0, 0.1) is 0 Å². The predicted molar refractivity (Wildman–Crippen MR) is 56.5 cm³/mol. The van der Waals surface area contributed by atoms with E-state index < -0.39 is 36.8 Å². The summed E-state index contributed by atoms with van der Waals surface area (Å²) in [7, 11) is 0. The van der Waals surface area contributed by atoms with Crippen molar-refractivity contribution in [3.8, 4) is 0 Å². The molecule has 17 heavy (non-hydrogen) atoms. The summed E-state index contributed by atoms with van der Waals surface area (Å²) in [4.78, 5) is 14.9. The Hall–Kier alpha value is -0.990. The van der Waals surface area contributed by atoms with Crippen LogP contribution in [0.3, 0.4) is 0 Å². The van der Waals surface area contributed by atoms with Crippen LogP contribution in [0.25, 0.3) is 0 Å². The lowest BCUT2D eigenvalue weighted by molar-refractivity contribution is -0.0549. The van der Waals surface area contributed by atoms with Crippen LogP contribution in [0.5, 0.6) is 0 Å². The highest BCUT2D eigenvalue weighted by molar-refractivity contribution is 6.30. The maximum Gasteiger partial charge on any atom is 0.349 e. The molecule has 1 saturated heterocycles. The fourth-order valence-electron chi connectivity index (χ4n) is 1.70. The second-order valence-corrected chi connectivity index (χ2v) is 4.13. The first-order valence-corrected chi connectivity index (χ1v) is 5.28. The van der Waals surface area contributed by atoms with Crippen molar-refractivity contribution in [3.05, 3.63) is 27.9 Å². The summed E-state index contributed by atoms with van der Waals surface area (Å²) in [5.41, 5.74) is -0.663. The highest BCUT2D eigenvalue weighted by atomic mass is 35.5. The van der Waals surface area contributed by atoms with E-state index in [9.17, 15) is 15.0 Å². The zero-order valence-electron chi connectivity index (χ0n) is 8.60. The van der Waals surface area contributed by atoms with Gasteiger partial charge in [-0.15, -0.1) is 0 Å². The molecule has 7 nitrogen and oxygen atoms in total. The summed E-state index contributed by atoms with van der Waals surface area (Å²) >= 11 is 5.68. The second-order valence-electron chi connectivity index (χ2n) is 3.69. The predicted octanol–water partition coefficient (Wildman–Crippen LogP) is -1.49. The molecule has 0 saturated carbocycles. The van der Waals surface area contributed by atoms with E-state index in [4.69, 9.17) is 21.4 Å². The fourth-order valence-corrected chi connectivity index (χ4v) is 1.85. The van der Waals surface area contributed by atoms with Crippen LogP contribution in [-0.4, -0.2) is 49.8 Å². The third kappa shape index (κ3) is 2.20. The summed E-state index contributed by atoms with van der Waals surface area (Å²) < 4.78 is 6.15. The van der Waals surface area contributed by atoms with Crippen molar-refractivity contribution in [2.24, 2.45) is 0 Å². The number of rotatable bonds is 2. The Labute approximate surface area is 101 Å². The van der Waals surface area contributed by atoms with E-state index >= 15 is 0 Å². The van der Waals surface area contributed by atoms with Crippen LogP contribution in [0.15, 0.2) is 17.2 Å². The Morgan fingerprint density at radius 2 is 2.18 bits per heavy atom. The Bertz CT molecular complexity index is 465.